The minimum atomic E-state index is -4.29. The normalized spacial score (nSPS) is 11.6. The highest BCUT2D eigenvalue weighted by Crippen LogP contribution is 2.16. The number of oxime groups is 1. The molecular weight excluding hydrogens is 346 g/mol. The molecule has 0 aliphatic carbocycles. The van der Waals surface area contributed by atoms with Crippen LogP contribution in [0.25, 0.3) is 0 Å². The molecule has 0 radical (unpaired) electrons. The Morgan fingerprint density at radius 1 is 0.960 bits per heavy atom. The van der Waals surface area contributed by atoms with Crippen molar-refractivity contribution in [3.63, 3.8) is 0 Å². The zero-order valence-electron chi connectivity index (χ0n) is 13.3. The molecule has 0 atom stereocenters. The van der Waals surface area contributed by atoms with E-state index in [0.29, 0.717) is 0 Å². The number of hydrogen-bond acceptors (Lipinski definition) is 7. The second-order valence-electron chi connectivity index (χ2n) is 4.68. The van der Waals surface area contributed by atoms with Crippen molar-refractivity contribution in [1.29, 1.82) is 0 Å². The van der Waals surface area contributed by atoms with Crippen LogP contribution < -0.4 is 0 Å². The monoisotopic (exact) mass is 361 g/mol. The quantitative estimate of drug-likeness (QED) is 0.203. The van der Waals surface area contributed by atoms with E-state index in [4.69, 9.17) is 0 Å². The van der Waals surface area contributed by atoms with Crippen LogP contribution in [-0.2, 0) is 19.4 Å². The van der Waals surface area contributed by atoms with Gasteiger partial charge in [-0.3, -0.25) is 9.63 Å². The maximum absolute atomic E-state index is 12.7. The Balaban J connectivity index is 2.47. The molecule has 2 rings (SSSR count). The predicted molar refractivity (Wildman–Crippen MR) is 89.9 cm³/mol. The third-order valence-electron chi connectivity index (χ3n) is 3.00. The summed E-state index contributed by atoms with van der Waals surface area (Å²) in [6, 6.07) is 15.0. The zero-order chi connectivity index (χ0) is 18.3. The van der Waals surface area contributed by atoms with Gasteiger partial charge in [-0.25, -0.2) is 13.2 Å². The molecule has 0 heterocycles. The molecule has 8 heteroatoms. The number of benzene rings is 2. The molecule has 0 N–H and O–H groups in total. The van der Waals surface area contributed by atoms with E-state index >= 15 is 0 Å². The van der Waals surface area contributed by atoms with Crippen LogP contribution in [0.3, 0.4) is 0 Å². The maximum Gasteiger partial charge on any atom is 0.535 e. The molecule has 130 valence electrons. The van der Waals surface area contributed by atoms with Crippen molar-refractivity contribution in [2.45, 2.75) is 11.8 Å². The molecule has 25 heavy (non-hydrogen) atoms. The summed E-state index contributed by atoms with van der Waals surface area (Å²) in [5, 5.41) is 2.37. The average molecular weight is 361 g/mol. The Labute approximate surface area is 144 Å². The van der Waals surface area contributed by atoms with Gasteiger partial charge in [-0.2, -0.15) is 0 Å². The van der Waals surface area contributed by atoms with Gasteiger partial charge >= 0.3 is 6.16 Å². The Bertz CT molecular complexity index is 876. The van der Waals surface area contributed by atoms with E-state index in [0.717, 1.165) is 0 Å². The third kappa shape index (κ3) is 4.51. The van der Waals surface area contributed by atoms with E-state index < -0.39 is 26.8 Å². The fourth-order valence-electron chi connectivity index (χ4n) is 1.86. The smallest absolute Gasteiger partial charge is 0.433 e. The van der Waals surface area contributed by atoms with Gasteiger partial charge < -0.3 is 4.74 Å². The van der Waals surface area contributed by atoms with Crippen LogP contribution in [0.15, 0.2) is 70.7 Å². The molecule has 0 bridgehead atoms. The number of ketones is 1. The van der Waals surface area contributed by atoms with Crippen molar-refractivity contribution in [1.82, 2.24) is 0 Å². The fraction of sp³-hybridized carbons (Fsp3) is 0.118. The van der Waals surface area contributed by atoms with Crippen molar-refractivity contribution in [3.8, 4) is 0 Å². The third-order valence-corrected chi connectivity index (χ3v) is 4.67. The number of hydrogen-bond donors (Lipinski definition) is 0. The van der Waals surface area contributed by atoms with E-state index in [-0.39, 0.29) is 17.1 Å². The van der Waals surface area contributed by atoms with Gasteiger partial charge in [0.25, 0.3) is 0 Å². The maximum atomic E-state index is 12.7. The van der Waals surface area contributed by atoms with E-state index in [1.807, 2.05) is 0 Å². The first-order valence-electron chi connectivity index (χ1n) is 7.28. The number of nitrogens with zero attached hydrogens (tertiary/aromatic N) is 1. The van der Waals surface area contributed by atoms with Crippen molar-refractivity contribution >= 4 is 26.8 Å². The van der Waals surface area contributed by atoms with E-state index in [1.54, 1.807) is 31.2 Å². The Kier molecular flexibility index (Phi) is 6.02. The van der Waals surface area contributed by atoms with Gasteiger partial charge in [0.05, 0.1) is 11.5 Å². The number of ether oxygens (including phenoxy) is 1. The number of rotatable bonds is 5. The summed E-state index contributed by atoms with van der Waals surface area (Å²) in [4.78, 5) is 28.2. The van der Waals surface area contributed by atoms with Gasteiger partial charge in [-0.1, -0.05) is 53.7 Å². The summed E-state index contributed by atoms with van der Waals surface area (Å²) in [5.41, 5.74) is 0.0909. The van der Waals surface area contributed by atoms with Crippen LogP contribution in [0.1, 0.15) is 17.3 Å². The number of carbonyl (C=O) groups excluding carboxylic acids is 2. The molecule has 0 fully saturated rings. The lowest BCUT2D eigenvalue weighted by Gasteiger charge is -2.07. The van der Waals surface area contributed by atoms with Gasteiger partial charge in [0.1, 0.15) is 0 Å². The van der Waals surface area contributed by atoms with Crippen LogP contribution in [0.5, 0.6) is 0 Å². The molecule has 2 aromatic carbocycles. The van der Waals surface area contributed by atoms with Crippen LogP contribution in [-0.4, -0.2) is 32.0 Å². The van der Waals surface area contributed by atoms with Gasteiger partial charge in [-0.15, -0.1) is 0 Å². The molecule has 2 aromatic rings. The van der Waals surface area contributed by atoms with Crippen molar-refractivity contribution in [2.75, 3.05) is 6.61 Å². The summed E-state index contributed by atoms with van der Waals surface area (Å²) in [7, 11) is -4.29. The lowest BCUT2D eigenvalue weighted by Crippen LogP contribution is -2.26. The molecule has 0 aromatic heterocycles. The highest BCUT2D eigenvalue weighted by Gasteiger charge is 2.31. The molecular formula is C17H15NO6S. The minimum absolute atomic E-state index is 0.0156. The van der Waals surface area contributed by atoms with E-state index in [1.165, 1.54) is 36.4 Å². The molecule has 7 nitrogen and oxygen atoms in total. The minimum Gasteiger partial charge on any atom is -0.433 e. The lowest BCUT2D eigenvalue weighted by atomic mass is 10.1. The Hall–Kier alpha value is -3.00. The van der Waals surface area contributed by atoms with Crippen LogP contribution in [0.4, 0.5) is 4.79 Å². The summed E-state index contributed by atoms with van der Waals surface area (Å²) >= 11 is 0. The molecule has 0 aliphatic heterocycles. The standard InChI is InChI=1S/C17H15NO6S/c1-2-23-17(20)24-18-16(15(19)13-9-5-3-6-10-13)25(21,22)14-11-7-4-8-12-14/h3-12H,2H2,1H3/b18-16+. The highest BCUT2D eigenvalue weighted by molar-refractivity contribution is 8.08. The Morgan fingerprint density at radius 3 is 2.08 bits per heavy atom. The number of sulfone groups is 1. The summed E-state index contributed by atoms with van der Waals surface area (Å²) in [6.45, 7) is 1.56. The average Bonchev–Trinajstić information content (AvgIpc) is 2.63. The Morgan fingerprint density at radius 2 is 1.52 bits per heavy atom. The first-order chi connectivity index (χ1) is 12.0. The largest absolute Gasteiger partial charge is 0.535 e. The molecule has 0 unspecified atom stereocenters. The zero-order valence-corrected chi connectivity index (χ0v) is 14.1. The van der Waals surface area contributed by atoms with Gasteiger partial charge in [0.2, 0.25) is 20.7 Å². The lowest BCUT2D eigenvalue weighted by molar-refractivity contribution is 0.0614. The van der Waals surface area contributed by atoms with Gasteiger partial charge in [-0.05, 0) is 19.1 Å². The van der Waals surface area contributed by atoms with Gasteiger partial charge in [0.15, 0.2) is 0 Å². The number of carbonyl (C=O) groups is 2. The molecule has 0 aliphatic rings. The SMILES string of the molecule is CCOC(=O)O/N=C(\C(=O)c1ccccc1)S(=O)(=O)c1ccccc1. The van der Waals surface area contributed by atoms with Crippen LogP contribution >= 0.6 is 0 Å². The van der Waals surface area contributed by atoms with Crippen molar-refractivity contribution < 1.29 is 27.6 Å². The van der Waals surface area contributed by atoms with E-state index in [9.17, 15) is 18.0 Å². The van der Waals surface area contributed by atoms with Crippen molar-refractivity contribution in [3.05, 3.63) is 66.2 Å². The van der Waals surface area contributed by atoms with Crippen molar-refractivity contribution in [2.24, 2.45) is 5.16 Å². The van der Waals surface area contributed by atoms with E-state index in [2.05, 4.69) is 14.7 Å². The first kappa shape index (κ1) is 18.3. The highest BCUT2D eigenvalue weighted by atomic mass is 32.2. The molecule has 0 saturated carbocycles. The first-order valence-corrected chi connectivity index (χ1v) is 8.76. The second kappa shape index (κ2) is 8.20. The van der Waals surface area contributed by atoms with Crippen LogP contribution in [0.2, 0.25) is 0 Å². The summed E-state index contributed by atoms with van der Waals surface area (Å²) in [5.74, 6) is -0.895. The second-order valence-corrected chi connectivity index (χ2v) is 6.55. The number of Topliss-reactive ketones (excluding diaryl/α,β-unsaturated/α-hetero) is 1. The molecule has 0 saturated heterocycles. The fourth-order valence-corrected chi connectivity index (χ4v) is 3.10. The topological polar surface area (TPSA) is 99.1 Å². The molecule has 0 spiro atoms. The van der Waals surface area contributed by atoms with Crippen LogP contribution in [0, 0.1) is 0 Å². The van der Waals surface area contributed by atoms with Gasteiger partial charge in [0, 0.05) is 5.56 Å². The summed E-state index contributed by atoms with van der Waals surface area (Å²) in [6.07, 6.45) is -1.20. The molecule has 0 amide bonds. The predicted octanol–water partition coefficient (Wildman–Crippen LogP) is 2.83. The summed E-state index contributed by atoms with van der Waals surface area (Å²) < 4.78 is 30.0.